The average molecular weight is 285 g/mol. The number of nitrogen functional groups attached to an aromatic ring is 1. The zero-order valence-electron chi connectivity index (χ0n) is 11.9. The van der Waals surface area contributed by atoms with Gasteiger partial charge in [0.2, 0.25) is 0 Å². The van der Waals surface area contributed by atoms with Crippen molar-refractivity contribution in [1.29, 1.82) is 0 Å². The fourth-order valence-corrected chi connectivity index (χ4v) is 2.61. The molecule has 0 radical (unpaired) electrons. The summed E-state index contributed by atoms with van der Waals surface area (Å²) in [5.74, 6) is 0.392. The summed E-state index contributed by atoms with van der Waals surface area (Å²) in [5, 5.41) is 0. The van der Waals surface area contributed by atoms with Crippen LogP contribution in [-0.2, 0) is 6.54 Å². The number of furan rings is 1. The van der Waals surface area contributed by atoms with Crippen LogP contribution < -0.4 is 5.73 Å². The highest BCUT2D eigenvalue weighted by atomic mass is 16.3. The number of amides is 1. The Morgan fingerprint density at radius 2 is 1.95 bits per heavy atom. The van der Waals surface area contributed by atoms with Crippen molar-refractivity contribution >= 4 is 11.6 Å². The lowest BCUT2D eigenvalue weighted by Gasteiger charge is -2.34. The van der Waals surface area contributed by atoms with Gasteiger partial charge in [0.25, 0.3) is 5.91 Å². The molecule has 0 aliphatic carbocycles. The first-order valence-electron chi connectivity index (χ1n) is 7.12. The maximum Gasteiger partial charge on any atom is 0.289 e. The van der Waals surface area contributed by atoms with E-state index in [0.29, 0.717) is 5.76 Å². The Morgan fingerprint density at radius 3 is 2.62 bits per heavy atom. The van der Waals surface area contributed by atoms with E-state index in [1.165, 1.54) is 11.8 Å². The van der Waals surface area contributed by atoms with Crippen LogP contribution in [0.25, 0.3) is 0 Å². The van der Waals surface area contributed by atoms with Gasteiger partial charge in [0, 0.05) is 38.4 Å². The normalized spacial score (nSPS) is 16.1. The van der Waals surface area contributed by atoms with Gasteiger partial charge in [-0.3, -0.25) is 9.69 Å². The Hall–Kier alpha value is -2.27. The molecule has 0 atom stereocenters. The second-order valence-electron chi connectivity index (χ2n) is 5.29. The average Bonchev–Trinajstić information content (AvgIpc) is 3.01. The van der Waals surface area contributed by atoms with E-state index in [-0.39, 0.29) is 5.91 Å². The number of carbonyl (C=O) groups excluding carboxylic acids is 1. The third-order valence-corrected chi connectivity index (χ3v) is 3.75. The molecule has 5 heteroatoms. The molecule has 110 valence electrons. The Labute approximate surface area is 123 Å². The van der Waals surface area contributed by atoms with Crippen LogP contribution in [0.4, 0.5) is 5.69 Å². The van der Waals surface area contributed by atoms with Gasteiger partial charge in [-0.1, -0.05) is 12.1 Å². The predicted octanol–water partition coefficient (Wildman–Crippen LogP) is 1.82. The zero-order chi connectivity index (χ0) is 14.7. The smallest absolute Gasteiger partial charge is 0.289 e. The molecule has 1 aliphatic rings. The van der Waals surface area contributed by atoms with E-state index in [1.54, 1.807) is 12.1 Å². The van der Waals surface area contributed by atoms with Gasteiger partial charge in [-0.2, -0.15) is 0 Å². The van der Waals surface area contributed by atoms with Gasteiger partial charge < -0.3 is 15.1 Å². The van der Waals surface area contributed by atoms with Crippen molar-refractivity contribution in [2.24, 2.45) is 0 Å². The van der Waals surface area contributed by atoms with Crippen LogP contribution >= 0.6 is 0 Å². The van der Waals surface area contributed by atoms with Crippen molar-refractivity contribution in [2.75, 3.05) is 31.9 Å². The number of benzene rings is 1. The van der Waals surface area contributed by atoms with Crippen molar-refractivity contribution in [3.8, 4) is 0 Å². The molecule has 1 aromatic heterocycles. The highest BCUT2D eigenvalue weighted by Crippen LogP contribution is 2.13. The Kier molecular flexibility index (Phi) is 3.92. The number of nitrogens with zero attached hydrogens (tertiary/aromatic N) is 2. The third-order valence-electron chi connectivity index (χ3n) is 3.75. The molecular formula is C16H19N3O2. The number of piperazine rings is 1. The van der Waals surface area contributed by atoms with Crippen LogP contribution in [0.15, 0.2) is 47.1 Å². The van der Waals surface area contributed by atoms with E-state index in [4.69, 9.17) is 10.2 Å². The summed E-state index contributed by atoms with van der Waals surface area (Å²) in [6, 6.07) is 11.4. The van der Waals surface area contributed by atoms with Crippen LogP contribution in [-0.4, -0.2) is 41.9 Å². The molecule has 2 aromatic rings. The number of carbonyl (C=O) groups is 1. The fraction of sp³-hybridized carbons (Fsp3) is 0.312. The van der Waals surface area contributed by atoms with Gasteiger partial charge in [-0.05, 0) is 29.8 Å². The maximum atomic E-state index is 12.2. The molecule has 1 amide bonds. The van der Waals surface area contributed by atoms with Crippen LogP contribution in [0, 0.1) is 0 Å². The lowest BCUT2D eigenvalue weighted by atomic mass is 10.1. The van der Waals surface area contributed by atoms with E-state index >= 15 is 0 Å². The summed E-state index contributed by atoms with van der Waals surface area (Å²) >= 11 is 0. The molecule has 5 nitrogen and oxygen atoms in total. The number of rotatable bonds is 3. The van der Waals surface area contributed by atoms with Gasteiger partial charge >= 0.3 is 0 Å². The molecule has 3 rings (SSSR count). The first kappa shape index (κ1) is 13.7. The third kappa shape index (κ3) is 3.25. The molecule has 1 saturated heterocycles. The summed E-state index contributed by atoms with van der Waals surface area (Å²) in [5.41, 5.74) is 7.80. The largest absolute Gasteiger partial charge is 0.459 e. The molecule has 0 unspecified atom stereocenters. The molecule has 1 aromatic carbocycles. The van der Waals surface area contributed by atoms with E-state index in [1.807, 2.05) is 23.1 Å². The van der Waals surface area contributed by atoms with Gasteiger partial charge in [-0.15, -0.1) is 0 Å². The molecule has 1 fully saturated rings. The molecule has 21 heavy (non-hydrogen) atoms. The molecule has 0 bridgehead atoms. The molecular weight excluding hydrogens is 266 g/mol. The monoisotopic (exact) mass is 285 g/mol. The quantitative estimate of drug-likeness (QED) is 0.874. The van der Waals surface area contributed by atoms with Crippen molar-refractivity contribution in [3.05, 3.63) is 54.0 Å². The lowest BCUT2D eigenvalue weighted by molar-refractivity contribution is 0.0598. The maximum absolute atomic E-state index is 12.2. The number of hydrogen-bond acceptors (Lipinski definition) is 4. The first-order valence-corrected chi connectivity index (χ1v) is 7.12. The molecule has 2 heterocycles. The van der Waals surface area contributed by atoms with Gasteiger partial charge in [0.1, 0.15) is 0 Å². The minimum absolute atomic E-state index is 0.0244. The molecule has 1 aliphatic heterocycles. The Bertz CT molecular complexity index is 602. The van der Waals surface area contributed by atoms with Crippen molar-refractivity contribution < 1.29 is 9.21 Å². The SMILES string of the molecule is Nc1cccc(CN2CCN(C(=O)c3ccco3)CC2)c1. The van der Waals surface area contributed by atoms with Gasteiger partial charge in [0.15, 0.2) is 5.76 Å². The highest BCUT2D eigenvalue weighted by Gasteiger charge is 2.23. The minimum atomic E-state index is -0.0244. The second kappa shape index (κ2) is 6.01. The Balaban J connectivity index is 1.54. The highest BCUT2D eigenvalue weighted by molar-refractivity contribution is 5.91. The summed E-state index contributed by atoms with van der Waals surface area (Å²) in [6.45, 7) is 4.04. The van der Waals surface area contributed by atoms with Gasteiger partial charge in [-0.25, -0.2) is 0 Å². The van der Waals surface area contributed by atoms with Crippen molar-refractivity contribution in [3.63, 3.8) is 0 Å². The van der Waals surface area contributed by atoms with Crippen molar-refractivity contribution in [2.45, 2.75) is 6.54 Å². The summed E-state index contributed by atoms with van der Waals surface area (Å²) in [6.07, 6.45) is 1.53. The van der Waals surface area contributed by atoms with E-state index in [2.05, 4.69) is 11.0 Å². The summed E-state index contributed by atoms with van der Waals surface area (Å²) < 4.78 is 5.17. The van der Waals surface area contributed by atoms with E-state index in [9.17, 15) is 4.79 Å². The van der Waals surface area contributed by atoms with Crippen LogP contribution in [0.2, 0.25) is 0 Å². The number of anilines is 1. The van der Waals surface area contributed by atoms with Crippen molar-refractivity contribution in [1.82, 2.24) is 9.80 Å². The van der Waals surface area contributed by atoms with Crippen LogP contribution in [0.3, 0.4) is 0 Å². The Morgan fingerprint density at radius 1 is 1.14 bits per heavy atom. The fourth-order valence-electron chi connectivity index (χ4n) is 2.61. The minimum Gasteiger partial charge on any atom is -0.459 e. The first-order chi connectivity index (χ1) is 10.2. The van der Waals surface area contributed by atoms with Crippen LogP contribution in [0.1, 0.15) is 16.1 Å². The molecule has 0 saturated carbocycles. The van der Waals surface area contributed by atoms with Crippen LogP contribution in [0.5, 0.6) is 0 Å². The van der Waals surface area contributed by atoms with Gasteiger partial charge in [0.05, 0.1) is 6.26 Å². The number of nitrogens with two attached hydrogens (primary N) is 1. The molecule has 2 N–H and O–H groups in total. The van der Waals surface area contributed by atoms with E-state index < -0.39 is 0 Å². The zero-order valence-corrected chi connectivity index (χ0v) is 11.9. The van der Waals surface area contributed by atoms with E-state index in [0.717, 1.165) is 38.4 Å². The summed E-state index contributed by atoms with van der Waals surface area (Å²) in [4.78, 5) is 16.3. The second-order valence-corrected chi connectivity index (χ2v) is 5.29. The number of hydrogen-bond donors (Lipinski definition) is 1. The standard InChI is InChI=1S/C16H19N3O2/c17-14-4-1-3-13(11-14)12-18-6-8-19(9-7-18)16(20)15-5-2-10-21-15/h1-5,10-11H,6-9,12,17H2. The summed E-state index contributed by atoms with van der Waals surface area (Å²) in [7, 11) is 0. The lowest BCUT2D eigenvalue weighted by Crippen LogP contribution is -2.48. The topological polar surface area (TPSA) is 62.7 Å². The molecule has 0 spiro atoms. The predicted molar refractivity (Wildman–Crippen MR) is 80.7 cm³/mol.